The number of amides is 1. The molecular weight excluding hydrogens is 388 g/mol. The maximum absolute atomic E-state index is 13.1. The third kappa shape index (κ3) is 3.69. The number of fused-ring (bicyclic) bond motifs is 3. The van der Waals surface area contributed by atoms with Crippen molar-refractivity contribution in [2.45, 2.75) is 89.2 Å². The quantitative estimate of drug-likeness (QED) is 0.693. The van der Waals surface area contributed by atoms with Crippen molar-refractivity contribution in [1.82, 2.24) is 5.32 Å². The van der Waals surface area contributed by atoms with Gasteiger partial charge in [0, 0.05) is 41.9 Å². The second-order valence-electron chi connectivity index (χ2n) is 10.7. The van der Waals surface area contributed by atoms with Gasteiger partial charge in [-0.2, -0.15) is 0 Å². The van der Waals surface area contributed by atoms with Gasteiger partial charge in [-0.05, 0) is 49.8 Å². The Labute approximate surface area is 176 Å². The first-order valence-corrected chi connectivity index (χ1v) is 10.7. The fourth-order valence-electron chi connectivity index (χ4n) is 5.06. The third-order valence-corrected chi connectivity index (χ3v) is 6.88. The number of alkyl halides is 2. The number of phenols is 1. The number of aromatic hydroxyl groups is 1. The van der Waals surface area contributed by atoms with Crippen molar-refractivity contribution in [3.05, 3.63) is 34.9 Å². The summed E-state index contributed by atoms with van der Waals surface area (Å²) in [5.41, 5.74) is 1.76. The van der Waals surface area contributed by atoms with Gasteiger partial charge in [0.25, 0.3) is 5.92 Å². The highest BCUT2D eigenvalue weighted by Crippen LogP contribution is 2.54. The maximum atomic E-state index is 13.1. The van der Waals surface area contributed by atoms with Crippen molar-refractivity contribution < 1.29 is 23.4 Å². The van der Waals surface area contributed by atoms with Gasteiger partial charge in [-0.1, -0.05) is 26.8 Å². The Hall–Kier alpha value is -2.11. The SMILES string of the molecule is CC(C)(C)c1cc(O)c2c(c1)OC(C)(C)[C@@H]1CC=C(C(=O)NC3CC(F)(F)C3)C[C@@H]21. The molecule has 0 radical (unpaired) electrons. The van der Waals surface area contributed by atoms with Crippen LogP contribution in [0, 0.1) is 5.92 Å². The molecule has 0 aromatic heterocycles. The van der Waals surface area contributed by atoms with Gasteiger partial charge in [0.15, 0.2) is 0 Å². The molecule has 164 valence electrons. The van der Waals surface area contributed by atoms with Crippen molar-refractivity contribution in [3.8, 4) is 11.5 Å². The van der Waals surface area contributed by atoms with Crippen LogP contribution in [0.15, 0.2) is 23.8 Å². The summed E-state index contributed by atoms with van der Waals surface area (Å²) in [7, 11) is 0. The summed E-state index contributed by atoms with van der Waals surface area (Å²) >= 11 is 0. The van der Waals surface area contributed by atoms with Crippen LogP contribution in [0.2, 0.25) is 0 Å². The predicted octanol–water partition coefficient (Wildman–Crippen LogP) is 5.19. The summed E-state index contributed by atoms with van der Waals surface area (Å²) in [6.07, 6.45) is 2.42. The van der Waals surface area contributed by atoms with E-state index in [0.29, 0.717) is 24.2 Å². The fourth-order valence-corrected chi connectivity index (χ4v) is 5.06. The molecule has 4 nitrogen and oxygen atoms in total. The van der Waals surface area contributed by atoms with Gasteiger partial charge in [-0.25, -0.2) is 8.78 Å². The first kappa shape index (κ1) is 21.1. The number of nitrogens with one attached hydrogen (secondary N) is 1. The average molecular weight is 420 g/mol. The number of ether oxygens (including phenoxy) is 1. The van der Waals surface area contributed by atoms with Crippen LogP contribution in [0.1, 0.15) is 77.3 Å². The van der Waals surface area contributed by atoms with E-state index in [9.17, 15) is 18.7 Å². The molecule has 1 saturated carbocycles. The minimum atomic E-state index is -2.66. The lowest BCUT2D eigenvalue weighted by Gasteiger charge is -2.47. The zero-order valence-corrected chi connectivity index (χ0v) is 18.3. The zero-order chi connectivity index (χ0) is 22.1. The van der Waals surface area contributed by atoms with Crippen molar-refractivity contribution >= 4 is 5.91 Å². The van der Waals surface area contributed by atoms with Crippen molar-refractivity contribution in [3.63, 3.8) is 0 Å². The van der Waals surface area contributed by atoms with Crippen molar-refractivity contribution in [1.29, 1.82) is 0 Å². The summed E-state index contributed by atoms with van der Waals surface area (Å²) < 4.78 is 32.6. The normalized spacial score (nSPS) is 27.1. The number of benzene rings is 1. The Bertz CT molecular complexity index is 906. The second-order valence-corrected chi connectivity index (χ2v) is 10.7. The van der Waals surface area contributed by atoms with Crippen LogP contribution in [0.3, 0.4) is 0 Å². The lowest BCUT2D eigenvalue weighted by molar-refractivity contribution is -0.126. The van der Waals surface area contributed by atoms with E-state index in [-0.39, 0.29) is 41.7 Å². The Balaban J connectivity index is 1.62. The van der Waals surface area contributed by atoms with Crippen LogP contribution >= 0.6 is 0 Å². The zero-order valence-electron chi connectivity index (χ0n) is 18.3. The molecule has 0 saturated heterocycles. The summed E-state index contributed by atoms with van der Waals surface area (Å²) in [6, 6.07) is 3.33. The maximum Gasteiger partial charge on any atom is 0.252 e. The first-order chi connectivity index (χ1) is 13.8. The van der Waals surface area contributed by atoms with Gasteiger partial charge < -0.3 is 15.2 Å². The monoisotopic (exact) mass is 419 g/mol. The van der Waals surface area contributed by atoms with Crippen molar-refractivity contribution in [2.75, 3.05) is 0 Å². The van der Waals surface area contributed by atoms with Gasteiger partial charge in [0.2, 0.25) is 5.91 Å². The molecule has 0 bridgehead atoms. The van der Waals surface area contributed by atoms with Crippen LogP contribution in [-0.4, -0.2) is 28.6 Å². The molecule has 1 heterocycles. The number of hydrogen-bond acceptors (Lipinski definition) is 3. The molecule has 1 aromatic rings. The number of hydrogen-bond donors (Lipinski definition) is 2. The molecule has 0 spiro atoms. The highest BCUT2D eigenvalue weighted by Gasteiger charge is 2.48. The minimum absolute atomic E-state index is 0.0636. The fraction of sp³-hybridized carbons (Fsp3) is 0.625. The molecule has 1 aromatic carbocycles. The number of rotatable bonds is 2. The van der Waals surface area contributed by atoms with Crippen LogP contribution in [0.4, 0.5) is 8.78 Å². The van der Waals surface area contributed by atoms with E-state index in [1.807, 2.05) is 26.0 Å². The predicted molar refractivity (Wildman–Crippen MR) is 111 cm³/mol. The number of halogens is 2. The molecule has 1 fully saturated rings. The Morgan fingerprint density at radius 3 is 2.50 bits per heavy atom. The van der Waals surface area contributed by atoms with Crippen LogP contribution < -0.4 is 10.1 Å². The second kappa shape index (κ2) is 6.69. The standard InChI is InChI=1S/C24H31F2NO3/c1-22(2,3)14-9-18(28)20-16-8-13(21(29)27-15-11-24(25,26)12-15)6-7-17(16)23(4,5)30-19(20)10-14/h6,9-10,15-17,28H,7-8,11-12H2,1-5H3,(H,27,29)/t16-,17-/m1/s1. The smallest absolute Gasteiger partial charge is 0.252 e. The molecule has 2 atom stereocenters. The van der Waals surface area contributed by atoms with Gasteiger partial charge in [0.1, 0.15) is 17.1 Å². The summed E-state index contributed by atoms with van der Waals surface area (Å²) in [5, 5.41) is 13.6. The molecule has 2 N–H and O–H groups in total. The lowest BCUT2D eigenvalue weighted by atomic mass is 9.66. The molecule has 2 aliphatic carbocycles. The Morgan fingerprint density at radius 2 is 1.90 bits per heavy atom. The molecule has 30 heavy (non-hydrogen) atoms. The van der Waals surface area contributed by atoms with Gasteiger partial charge in [-0.3, -0.25) is 4.79 Å². The molecule has 1 aliphatic heterocycles. The number of carbonyl (C=O) groups excluding carboxylic acids is 1. The van der Waals surface area contributed by atoms with Gasteiger partial charge in [-0.15, -0.1) is 0 Å². The molecule has 3 aliphatic rings. The Morgan fingerprint density at radius 1 is 1.23 bits per heavy atom. The van der Waals surface area contributed by atoms with E-state index in [4.69, 9.17) is 4.74 Å². The van der Waals surface area contributed by atoms with E-state index in [1.54, 1.807) is 6.07 Å². The number of phenolic OH excluding ortho intramolecular Hbond substituents is 1. The highest BCUT2D eigenvalue weighted by molar-refractivity contribution is 5.94. The lowest BCUT2D eigenvalue weighted by Crippen LogP contribution is -2.51. The number of carbonyl (C=O) groups is 1. The van der Waals surface area contributed by atoms with Crippen molar-refractivity contribution in [2.24, 2.45) is 5.92 Å². The summed E-state index contributed by atoms with van der Waals surface area (Å²) in [4.78, 5) is 12.7. The summed E-state index contributed by atoms with van der Waals surface area (Å²) in [5.74, 6) is -2.02. The van der Waals surface area contributed by atoms with E-state index in [1.165, 1.54) is 0 Å². The van der Waals surface area contributed by atoms with Crippen LogP contribution in [-0.2, 0) is 10.2 Å². The topological polar surface area (TPSA) is 58.6 Å². The highest BCUT2D eigenvalue weighted by atomic mass is 19.3. The molecule has 1 amide bonds. The molecule has 4 rings (SSSR count). The third-order valence-electron chi connectivity index (χ3n) is 6.88. The van der Waals surface area contributed by atoms with Gasteiger partial charge >= 0.3 is 0 Å². The number of allylic oxidation sites excluding steroid dienone is 1. The van der Waals surface area contributed by atoms with E-state index in [2.05, 4.69) is 26.1 Å². The van der Waals surface area contributed by atoms with E-state index in [0.717, 1.165) is 11.1 Å². The average Bonchev–Trinajstić information content (AvgIpc) is 2.57. The van der Waals surface area contributed by atoms with Crippen LogP contribution in [0.5, 0.6) is 11.5 Å². The first-order valence-electron chi connectivity index (χ1n) is 10.7. The van der Waals surface area contributed by atoms with E-state index < -0.39 is 17.6 Å². The molecule has 0 unspecified atom stereocenters. The van der Waals surface area contributed by atoms with Gasteiger partial charge in [0.05, 0.1) is 0 Å². The summed E-state index contributed by atoms with van der Waals surface area (Å²) in [6.45, 7) is 10.3. The molecule has 6 heteroatoms. The minimum Gasteiger partial charge on any atom is -0.508 e. The molecular formula is C24H31F2NO3. The largest absolute Gasteiger partial charge is 0.508 e. The van der Waals surface area contributed by atoms with Crippen LogP contribution in [0.25, 0.3) is 0 Å². The Kier molecular flexibility index (Phi) is 4.72. The van der Waals surface area contributed by atoms with E-state index >= 15 is 0 Å².